The Morgan fingerprint density at radius 2 is 1.85 bits per heavy atom. The van der Waals surface area contributed by atoms with Crippen molar-refractivity contribution >= 4 is 49.2 Å². The highest BCUT2D eigenvalue weighted by molar-refractivity contribution is 7.30. The topological polar surface area (TPSA) is 77.5 Å². The number of carbonyl (C=O) groups excluding carboxylic acids is 2. The molecular formula is C18H18N2O4S2. The van der Waals surface area contributed by atoms with Crippen molar-refractivity contribution in [2.75, 3.05) is 18.5 Å². The quantitative estimate of drug-likeness (QED) is 0.627. The van der Waals surface area contributed by atoms with Crippen LogP contribution < -0.4 is 10.1 Å². The minimum absolute atomic E-state index is 0.238. The molecule has 0 aliphatic carbocycles. The van der Waals surface area contributed by atoms with E-state index in [1.807, 2.05) is 13.8 Å². The minimum Gasteiger partial charge on any atom is -0.494 e. The van der Waals surface area contributed by atoms with Crippen molar-refractivity contribution in [3.63, 3.8) is 0 Å². The first kappa shape index (κ1) is 18.3. The van der Waals surface area contributed by atoms with Gasteiger partial charge in [0.1, 0.15) is 15.5 Å². The molecule has 6 nitrogen and oxygen atoms in total. The number of aryl methyl sites for hydroxylation is 1. The number of nitrogens with one attached hydrogen (secondary N) is 1. The predicted octanol–water partition coefficient (Wildman–Crippen LogP) is 4.49. The number of anilines is 1. The van der Waals surface area contributed by atoms with Gasteiger partial charge in [-0.2, -0.15) is 0 Å². The third-order valence-electron chi connectivity index (χ3n) is 3.58. The van der Waals surface area contributed by atoms with Crippen molar-refractivity contribution < 1.29 is 19.1 Å². The van der Waals surface area contributed by atoms with Crippen molar-refractivity contribution in [2.24, 2.45) is 0 Å². The van der Waals surface area contributed by atoms with Crippen LogP contribution >= 0.6 is 22.7 Å². The minimum atomic E-state index is -0.333. The second-order valence-corrected chi connectivity index (χ2v) is 7.34. The normalized spacial score (nSPS) is 10.7. The molecule has 136 valence electrons. The molecule has 0 saturated carbocycles. The lowest BCUT2D eigenvalue weighted by Crippen LogP contribution is -2.11. The molecule has 0 saturated heterocycles. The van der Waals surface area contributed by atoms with Gasteiger partial charge in [-0.05, 0) is 50.6 Å². The first-order valence-electron chi connectivity index (χ1n) is 8.14. The summed E-state index contributed by atoms with van der Waals surface area (Å²) in [5, 5.41) is 3.31. The van der Waals surface area contributed by atoms with Crippen molar-refractivity contribution in [1.29, 1.82) is 0 Å². The molecule has 0 unspecified atom stereocenters. The van der Waals surface area contributed by atoms with Crippen LogP contribution in [0.4, 0.5) is 5.13 Å². The number of fused-ring (bicyclic) bond motifs is 1. The van der Waals surface area contributed by atoms with E-state index in [-0.39, 0.29) is 11.9 Å². The van der Waals surface area contributed by atoms with Crippen LogP contribution in [0.3, 0.4) is 0 Å². The van der Waals surface area contributed by atoms with Crippen molar-refractivity contribution in [3.05, 3.63) is 40.3 Å². The van der Waals surface area contributed by atoms with Gasteiger partial charge in [0.15, 0.2) is 5.13 Å². The molecule has 0 fully saturated rings. The van der Waals surface area contributed by atoms with Gasteiger partial charge >= 0.3 is 5.97 Å². The Balaban J connectivity index is 1.76. The number of amides is 1. The zero-order valence-electron chi connectivity index (χ0n) is 14.6. The van der Waals surface area contributed by atoms with E-state index in [1.54, 1.807) is 31.2 Å². The van der Waals surface area contributed by atoms with Gasteiger partial charge < -0.3 is 9.47 Å². The first-order chi connectivity index (χ1) is 12.5. The molecule has 0 aliphatic rings. The number of thiazole rings is 1. The van der Waals surface area contributed by atoms with Crippen LogP contribution in [0.5, 0.6) is 5.75 Å². The standard InChI is InChI=1S/C18H18N2O4S2/c1-4-23-12-8-6-11(7-9-12)15(21)19-18-20-16-13(26-18)10(3)14(25-16)17(22)24-5-2/h6-9H,4-5H2,1-3H3,(H,19,20,21). The number of thiophene rings is 1. The number of aromatic nitrogens is 1. The molecule has 1 aromatic carbocycles. The SMILES string of the molecule is CCOC(=O)c1sc2nc(NC(=O)c3ccc(OCC)cc3)sc2c1C. The highest BCUT2D eigenvalue weighted by Gasteiger charge is 2.20. The smallest absolute Gasteiger partial charge is 0.348 e. The fourth-order valence-electron chi connectivity index (χ4n) is 2.37. The summed E-state index contributed by atoms with van der Waals surface area (Å²) < 4.78 is 11.3. The van der Waals surface area contributed by atoms with Gasteiger partial charge in [0.25, 0.3) is 5.91 Å². The molecule has 0 spiro atoms. The van der Waals surface area contributed by atoms with Gasteiger partial charge in [-0.25, -0.2) is 9.78 Å². The van der Waals surface area contributed by atoms with Crippen LogP contribution in [0.25, 0.3) is 9.53 Å². The Hall–Kier alpha value is -2.45. The van der Waals surface area contributed by atoms with Crippen molar-refractivity contribution in [3.8, 4) is 5.75 Å². The largest absolute Gasteiger partial charge is 0.494 e. The third kappa shape index (κ3) is 3.71. The molecule has 0 atom stereocenters. The van der Waals surface area contributed by atoms with E-state index in [0.29, 0.717) is 28.8 Å². The van der Waals surface area contributed by atoms with Gasteiger partial charge in [-0.1, -0.05) is 11.3 Å². The summed E-state index contributed by atoms with van der Waals surface area (Å²) in [5.41, 5.74) is 1.36. The molecular weight excluding hydrogens is 372 g/mol. The summed E-state index contributed by atoms with van der Waals surface area (Å²) in [7, 11) is 0. The lowest BCUT2D eigenvalue weighted by atomic mass is 10.2. The zero-order valence-corrected chi connectivity index (χ0v) is 16.3. The number of ether oxygens (including phenoxy) is 2. The number of hydrogen-bond donors (Lipinski definition) is 1. The summed E-state index contributed by atoms with van der Waals surface area (Å²) in [4.78, 5) is 30.0. The Bertz CT molecular complexity index is 944. The maximum absolute atomic E-state index is 12.4. The maximum Gasteiger partial charge on any atom is 0.348 e. The number of benzene rings is 1. The van der Waals surface area contributed by atoms with Gasteiger partial charge in [-0.15, -0.1) is 11.3 Å². The molecule has 0 radical (unpaired) electrons. The Morgan fingerprint density at radius 3 is 2.46 bits per heavy atom. The average Bonchev–Trinajstić information content (AvgIpc) is 3.15. The summed E-state index contributed by atoms with van der Waals surface area (Å²) in [5.74, 6) is 0.152. The second kappa shape index (κ2) is 7.84. The summed E-state index contributed by atoms with van der Waals surface area (Å²) >= 11 is 2.63. The summed E-state index contributed by atoms with van der Waals surface area (Å²) in [6.45, 7) is 6.45. The highest BCUT2D eigenvalue weighted by Crippen LogP contribution is 2.37. The zero-order chi connectivity index (χ0) is 18.7. The predicted molar refractivity (Wildman–Crippen MR) is 104 cm³/mol. The lowest BCUT2D eigenvalue weighted by molar-refractivity contribution is 0.0531. The second-order valence-electron chi connectivity index (χ2n) is 5.34. The molecule has 1 N–H and O–H groups in total. The first-order valence-corrected chi connectivity index (χ1v) is 9.78. The highest BCUT2D eigenvalue weighted by atomic mass is 32.1. The maximum atomic E-state index is 12.4. The number of esters is 1. The Labute approximate surface area is 158 Å². The van der Waals surface area contributed by atoms with Gasteiger partial charge in [0, 0.05) is 5.56 Å². The van der Waals surface area contributed by atoms with Gasteiger partial charge in [-0.3, -0.25) is 10.1 Å². The molecule has 0 aliphatic heterocycles. The number of hydrogen-bond acceptors (Lipinski definition) is 7. The van der Waals surface area contributed by atoms with Gasteiger partial charge in [0.05, 0.1) is 17.9 Å². The van der Waals surface area contributed by atoms with Crippen LogP contribution in [0, 0.1) is 6.92 Å². The number of rotatable bonds is 6. The molecule has 0 bridgehead atoms. The van der Waals surface area contributed by atoms with E-state index in [4.69, 9.17) is 9.47 Å². The van der Waals surface area contributed by atoms with Crippen LogP contribution in [-0.4, -0.2) is 30.1 Å². The molecule has 1 amide bonds. The van der Waals surface area contributed by atoms with E-state index in [2.05, 4.69) is 10.3 Å². The van der Waals surface area contributed by atoms with E-state index >= 15 is 0 Å². The summed E-state index contributed by atoms with van der Waals surface area (Å²) in [6, 6.07) is 6.93. The Morgan fingerprint density at radius 1 is 1.12 bits per heavy atom. The molecule has 8 heteroatoms. The van der Waals surface area contributed by atoms with Crippen molar-refractivity contribution in [2.45, 2.75) is 20.8 Å². The summed E-state index contributed by atoms with van der Waals surface area (Å²) in [6.07, 6.45) is 0. The number of nitrogens with zero attached hydrogens (tertiary/aromatic N) is 1. The fourth-order valence-corrected chi connectivity index (χ4v) is 4.58. The lowest BCUT2D eigenvalue weighted by Gasteiger charge is -2.04. The molecule has 3 rings (SSSR count). The van der Waals surface area contributed by atoms with E-state index in [0.717, 1.165) is 20.8 Å². The molecule has 3 aromatic rings. The average molecular weight is 390 g/mol. The van der Waals surface area contributed by atoms with Crippen LogP contribution in [-0.2, 0) is 4.74 Å². The molecule has 2 heterocycles. The van der Waals surface area contributed by atoms with E-state index < -0.39 is 0 Å². The van der Waals surface area contributed by atoms with E-state index in [9.17, 15) is 9.59 Å². The monoisotopic (exact) mass is 390 g/mol. The Kier molecular flexibility index (Phi) is 5.53. The van der Waals surface area contributed by atoms with Gasteiger partial charge in [0.2, 0.25) is 0 Å². The van der Waals surface area contributed by atoms with Crippen LogP contribution in [0.2, 0.25) is 0 Å². The fraction of sp³-hybridized carbons (Fsp3) is 0.278. The van der Waals surface area contributed by atoms with Crippen LogP contribution in [0.15, 0.2) is 24.3 Å². The van der Waals surface area contributed by atoms with E-state index in [1.165, 1.54) is 22.7 Å². The van der Waals surface area contributed by atoms with Crippen LogP contribution in [0.1, 0.15) is 39.4 Å². The van der Waals surface area contributed by atoms with Crippen molar-refractivity contribution in [1.82, 2.24) is 4.98 Å². The third-order valence-corrected chi connectivity index (χ3v) is 5.97. The number of carbonyl (C=O) groups is 2. The molecule has 2 aromatic heterocycles. The molecule has 26 heavy (non-hydrogen) atoms.